The maximum atomic E-state index is 13.8. The molecule has 4 nitrogen and oxygen atoms in total. The van der Waals surface area contributed by atoms with E-state index in [0.29, 0.717) is 23.8 Å². The van der Waals surface area contributed by atoms with Crippen molar-refractivity contribution in [2.45, 2.75) is 62.8 Å². The summed E-state index contributed by atoms with van der Waals surface area (Å²) in [4.78, 5) is 18.7. The molecule has 2 unspecified atom stereocenters. The number of likely N-dealkylation sites (tertiary alicyclic amines) is 1. The zero-order valence-corrected chi connectivity index (χ0v) is 17.7. The van der Waals surface area contributed by atoms with Crippen LogP contribution in [0.15, 0.2) is 18.2 Å². The maximum Gasteiger partial charge on any atom is 0.227 e. The van der Waals surface area contributed by atoms with Crippen LogP contribution in [0.5, 0.6) is 5.75 Å². The van der Waals surface area contributed by atoms with Gasteiger partial charge in [0.15, 0.2) is 0 Å². The molecule has 1 saturated carbocycles. The number of hydrogen-bond donors (Lipinski definition) is 0. The molecule has 0 N–H and O–H groups in total. The Labute approximate surface area is 174 Å². The van der Waals surface area contributed by atoms with E-state index in [4.69, 9.17) is 4.74 Å². The van der Waals surface area contributed by atoms with E-state index in [0.717, 1.165) is 31.7 Å². The molecule has 1 aromatic carbocycles. The first kappa shape index (κ1) is 18.2. The van der Waals surface area contributed by atoms with Gasteiger partial charge in [-0.2, -0.15) is 0 Å². The van der Waals surface area contributed by atoms with E-state index < -0.39 is 0 Å². The molecule has 29 heavy (non-hydrogen) atoms. The second-order valence-corrected chi connectivity index (χ2v) is 10.3. The number of carbonyl (C=O) groups excluding carboxylic acids is 1. The highest BCUT2D eigenvalue weighted by Crippen LogP contribution is 2.56. The SMILES string of the molecule is COc1ccc2c(c1)[C@]13CCCCC1[C@H](C2)N(C(=O)C1CN2CCC1CC2)CC3. The highest BCUT2D eigenvalue weighted by Gasteiger charge is 2.55. The Balaban J connectivity index is 1.35. The van der Waals surface area contributed by atoms with Crippen LogP contribution >= 0.6 is 0 Å². The van der Waals surface area contributed by atoms with Gasteiger partial charge in [-0.3, -0.25) is 4.79 Å². The Morgan fingerprint density at radius 1 is 1.10 bits per heavy atom. The zero-order valence-electron chi connectivity index (χ0n) is 17.7. The minimum Gasteiger partial charge on any atom is -0.497 e. The lowest BCUT2D eigenvalue weighted by molar-refractivity contribution is -0.151. The third-order valence-electron chi connectivity index (χ3n) is 9.30. The fraction of sp³-hybridized carbons (Fsp3) is 0.720. The Hall–Kier alpha value is -1.55. The van der Waals surface area contributed by atoms with E-state index in [2.05, 4.69) is 28.0 Å². The lowest BCUT2D eigenvalue weighted by Crippen LogP contribution is -2.64. The summed E-state index contributed by atoms with van der Waals surface area (Å²) >= 11 is 0. The molecule has 0 spiro atoms. The summed E-state index contributed by atoms with van der Waals surface area (Å²) < 4.78 is 5.59. The Bertz CT molecular complexity index is 815. The molecule has 1 amide bonds. The average Bonchev–Trinajstić information content (AvgIpc) is 2.79. The van der Waals surface area contributed by atoms with Crippen LogP contribution < -0.4 is 4.74 Å². The van der Waals surface area contributed by atoms with Gasteiger partial charge in [-0.25, -0.2) is 0 Å². The van der Waals surface area contributed by atoms with Gasteiger partial charge in [-0.05, 0) is 86.7 Å². The molecule has 6 aliphatic rings. The molecule has 4 heteroatoms. The topological polar surface area (TPSA) is 32.8 Å². The number of hydrogen-bond acceptors (Lipinski definition) is 3. The van der Waals surface area contributed by atoms with Crippen LogP contribution in [-0.4, -0.2) is 55.0 Å². The zero-order chi connectivity index (χ0) is 19.6. The fourth-order valence-corrected chi connectivity index (χ4v) is 7.84. The molecule has 0 radical (unpaired) electrons. The Morgan fingerprint density at radius 2 is 1.97 bits per heavy atom. The molecule has 4 bridgehead atoms. The number of nitrogens with zero attached hydrogens (tertiary/aromatic N) is 2. The largest absolute Gasteiger partial charge is 0.497 e. The van der Waals surface area contributed by atoms with E-state index >= 15 is 0 Å². The van der Waals surface area contributed by atoms with E-state index in [1.807, 2.05) is 0 Å². The van der Waals surface area contributed by atoms with Gasteiger partial charge in [-0.15, -0.1) is 0 Å². The normalized spacial score (nSPS) is 40.2. The summed E-state index contributed by atoms with van der Waals surface area (Å²) in [5.41, 5.74) is 3.30. The van der Waals surface area contributed by atoms with Crippen LogP contribution in [0, 0.1) is 17.8 Å². The molecular formula is C25H34N2O2. The van der Waals surface area contributed by atoms with Crippen molar-refractivity contribution in [3.8, 4) is 5.75 Å². The van der Waals surface area contributed by atoms with Gasteiger partial charge < -0.3 is 14.5 Å². The van der Waals surface area contributed by atoms with E-state index in [-0.39, 0.29) is 11.3 Å². The molecule has 4 atom stereocenters. The smallest absolute Gasteiger partial charge is 0.227 e. The lowest BCUT2D eigenvalue weighted by Gasteiger charge is -2.60. The summed E-state index contributed by atoms with van der Waals surface area (Å²) in [6.45, 7) is 4.38. The van der Waals surface area contributed by atoms with Crippen molar-refractivity contribution in [2.75, 3.05) is 33.3 Å². The minimum atomic E-state index is 0.255. The molecule has 4 aliphatic heterocycles. The molecule has 4 heterocycles. The molecule has 2 aliphatic carbocycles. The van der Waals surface area contributed by atoms with Gasteiger partial charge in [-0.1, -0.05) is 18.9 Å². The van der Waals surface area contributed by atoms with Gasteiger partial charge in [0, 0.05) is 24.5 Å². The predicted molar refractivity (Wildman–Crippen MR) is 113 cm³/mol. The van der Waals surface area contributed by atoms with Gasteiger partial charge in [0.2, 0.25) is 5.91 Å². The quantitative estimate of drug-likeness (QED) is 0.768. The second kappa shape index (κ2) is 6.73. The molecule has 1 aromatic rings. The average molecular weight is 395 g/mol. The number of methoxy groups -OCH3 is 1. The van der Waals surface area contributed by atoms with Crippen LogP contribution in [0.25, 0.3) is 0 Å². The highest BCUT2D eigenvalue weighted by molar-refractivity contribution is 5.80. The summed E-state index contributed by atoms with van der Waals surface area (Å²) in [5, 5.41) is 0. The standard InChI is InChI=1S/C25H34N2O2/c1-29-19-6-5-18-14-23-21-4-2-3-9-25(21,22(18)15-19)10-13-27(23)24(28)20-16-26-11-7-17(20)8-12-26/h5-6,15,17,20-21,23H,2-4,7-14,16H2,1H3/t20?,21?,23-,25-/m0/s1. The molecular weight excluding hydrogens is 360 g/mol. The number of amides is 1. The monoisotopic (exact) mass is 394 g/mol. The highest BCUT2D eigenvalue weighted by atomic mass is 16.5. The van der Waals surface area contributed by atoms with Crippen molar-refractivity contribution >= 4 is 5.91 Å². The van der Waals surface area contributed by atoms with Crippen molar-refractivity contribution in [3.05, 3.63) is 29.3 Å². The fourth-order valence-electron chi connectivity index (χ4n) is 7.84. The number of benzene rings is 1. The molecule has 156 valence electrons. The van der Waals surface area contributed by atoms with Crippen LogP contribution in [0.4, 0.5) is 0 Å². The minimum absolute atomic E-state index is 0.255. The number of ether oxygens (including phenoxy) is 1. The van der Waals surface area contributed by atoms with Gasteiger partial charge in [0.05, 0.1) is 13.0 Å². The van der Waals surface area contributed by atoms with Crippen molar-refractivity contribution in [2.24, 2.45) is 17.8 Å². The third-order valence-corrected chi connectivity index (χ3v) is 9.30. The molecule has 0 aromatic heterocycles. The second-order valence-electron chi connectivity index (χ2n) is 10.3. The van der Waals surface area contributed by atoms with Gasteiger partial charge in [0.1, 0.15) is 5.75 Å². The first-order chi connectivity index (χ1) is 14.2. The van der Waals surface area contributed by atoms with Crippen LogP contribution in [0.1, 0.15) is 56.1 Å². The Morgan fingerprint density at radius 3 is 2.72 bits per heavy atom. The third kappa shape index (κ3) is 2.64. The van der Waals surface area contributed by atoms with Crippen molar-refractivity contribution < 1.29 is 9.53 Å². The molecule has 7 rings (SSSR count). The van der Waals surface area contributed by atoms with Gasteiger partial charge >= 0.3 is 0 Å². The number of carbonyl (C=O) groups is 1. The number of fused-ring (bicyclic) bond motifs is 4. The summed E-state index contributed by atoms with van der Waals surface area (Å²) in [6, 6.07) is 7.14. The predicted octanol–water partition coefficient (Wildman–Crippen LogP) is 3.62. The first-order valence-electron chi connectivity index (χ1n) is 11.9. The van der Waals surface area contributed by atoms with Crippen LogP contribution in [0.2, 0.25) is 0 Å². The van der Waals surface area contributed by atoms with E-state index in [1.54, 1.807) is 12.7 Å². The van der Waals surface area contributed by atoms with Crippen molar-refractivity contribution in [3.63, 3.8) is 0 Å². The molecule has 4 saturated heterocycles. The lowest BCUT2D eigenvalue weighted by atomic mass is 9.52. The van der Waals surface area contributed by atoms with Crippen LogP contribution in [0.3, 0.4) is 0 Å². The van der Waals surface area contributed by atoms with Gasteiger partial charge in [0.25, 0.3) is 0 Å². The first-order valence-corrected chi connectivity index (χ1v) is 11.9. The van der Waals surface area contributed by atoms with Crippen molar-refractivity contribution in [1.82, 2.24) is 9.80 Å². The van der Waals surface area contributed by atoms with E-state index in [1.165, 1.54) is 57.2 Å². The summed E-state index contributed by atoms with van der Waals surface area (Å²) in [7, 11) is 1.78. The summed E-state index contributed by atoms with van der Waals surface area (Å²) in [6.07, 6.45) is 9.86. The van der Waals surface area contributed by atoms with Crippen molar-refractivity contribution in [1.29, 1.82) is 0 Å². The summed E-state index contributed by atoms with van der Waals surface area (Å²) in [5.74, 6) is 3.00. The molecule has 5 fully saturated rings. The van der Waals surface area contributed by atoms with E-state index in [9.17, 15) is 4.79 Å². The Kier molecular flexibility index (Phi) is 4.23. The number of piperidine rings is 4. The maximum absolute atomic E-state index is 13.8. The van der Waals surface area contributed by atoms with Crippen LogP contribution in [-0.2, 0) is 16.6 Å². The number of rotatable bonds is 2.